The molecule has 0 aliphatic heterocycles. The zero-order chi connectivity index (χ0) is 15.0. The summed E-state index contributed by atoms with van der Waals surface area (Å²) in [5.41, 5.74) is 7.06. The van der Waals surface area contributed by atoms with Crippen LogP contribution in [0.1, 0.15) is 32.3 Å². The van der Waals surface area contributed by atoms with Crippen molar-refractivity contribution in [1.29, 1.82) is 0 Å². The molecule has 0 aliphatic carbocycles. The Hall–Kier alpha value is -1.97. The molecular formula is C16H23NO3. The Morgan fingerprint density at radius 1 is 1.35 bits per heavy atom. The van der Waals surface area contributed by atoms with E-state index in [1.807, 2.05) is 31.2 Å². The van der Waals surface area contributed by atoms with E-state index in [1.54, 1.807) is 6.92 Å². The third-order valence-corrected chi connectivity index (χ3v) is 2.85. The van der Waals surface area contributed by atoms with E-state index < -0.39 is 0 Å². The van der Waals surface area contributed by atoms with Crippen LogP contribution in [0.5, 0.6) is 5.75 Å². The lowest BCUT2D eigenvalue weighted by atomic mass is 10.1. The molecule has 0 aromatic heterocycles. The van der Waals surface area contributed by atoms with Crippen LogP contribution < -0.4 is 10.5 Å². The van der Waals surface area contributed by atoms with E-state index in [4.69, 9.17) is 15.2 Å². The lowest BCUT2D eigenvalue weighted by molar-refractivity contribution is -0.142. The van der Waals surface area contributed by atoms with Gasteiger partial charge in [-0.15, -0.1) is 0 Å². The number of rotatable bonds is 8. The fraction of sp³-hybridized carbons (Fsp3) is 0.438. The summed E-state index contributed by atoms with van der Waals surface area (Å²) in [6, 6.07) is 7.49. The van der Waals surface area contributed by atoms with Gasteiger partial charge in [-0.2, -0.15) is 0 Å². The normalized spacial score (nSPS) is 11.7. The second kappa shape index (κ2) is 8.25. The first kappa shape index (κ1) is 16.1. The van der Waals surface area contributed by atoms with Crippen molar-refractivity contribution in [2.45, 2.75) is 39.2 Å². The quantitative estimate of drug-likeness (QED) is 0.742. The number of para-hydroxylation sites is 1. The van der Waals surface area contributed by atoms with Gasteiger partial charge in [0.1, 0.15) is 11.9 Å². The average Bonchev–Trinajstić information content (AvgIpc) is 2.39. The van der Waals surface area contributed by atoms with Gasteiger partial charge in [0.05, 0.1) is 13.0 Å². The first-order chi connectivity index (χ1) is 9.56. The van der Waals surface area contributed by atoms with Crippen LogP contribution in [0.4, 0.5) is 0 Å². The standard InChI is InChI=1S/C16H23NO3/c1-4-14(10-12(3)17)20-15-9-7-6-8-13(15)11-16(18)19-5-2/h6-9,14H,3-5,10-11,17H2,1-2H3. The molecule has 0 fully saturated rings. The fourth-order valence-electron chi connectivity index (χ4n) is 1.87. The topological polar surface area (TPSA) is 61.5 Å². The monoisotopic (exact) mass is 277 g/mol. The highest BCUT2D eigenvalue weighted by atomic mass is 16.5. The number of esters is 1. The van der Waals surface area contributed by atoms with Crippen LogP contribution in [0.15, 0.2) is 36.5 Å². The number of carbonyl (C=O) groups excluding carboxylic acids is 1. The second-order valence-corrected chi connectivity index (χ2v) is 4.60. The molecule has 2 N–H and O–H groups in total. The van der Waals surface area contributed by atoms with Crippen molar-refractivity contribution in [3.8, 4) is 5.75 Å². The maximum atomic E-state index is 11.6. The highest BCUT2D eigenvalue weighted by Gasteiger charge is 2.14. The van der Waals surface area contributed by atoms with Gasteiger partial charge < -0.3 is 15.2 Å². The maximum absolute atomic E-state index is 11.6. The summed E-state index contributed by atoms with van der Waals surface area (Å²) >= 11 is 0. The molecule has 4 heteroatoms. The predicted molar refractivity (Wildman–Crippen MR) is 79.4 cm³/mol. The molecular weight excluding hydrogens is 254 g/mol. The first-order valence-corrected chi connectivity index (χ1v) is 6.90. The molecule has 4 nitrogen and oxygen atoms in total. The summed E-state index contributed by atoms with van der Waals surface area (Å²) in [5, 5.41) is 0. The summed E-state index contributed by atoms with van der Waals surface area (Å²) in [6.07, 6.45) is 1.61. The van der Waals surface area contributed by atoms with Gasteiger partial charge in [0.25, 0.3) is 0 Å². The number of nitrogens with two attached hydrogens (primary N) is 1. The van der Waals surface area contributed by atoms with Crippen molar-refractivity contribution in [2.24, 2.45) is 5.73 Å². The largest absolute Gasteiger partial charge is 0.490 e. The van der Waals surface area contributed by atoms with Crippen LogP contribution in [-0.2, 0) is 16.0 Å². The minimum absolute atomic E-state index is 0.0316. The summed E-state index contributed by atoms with van der Waals surface area (Å²) < 4.78 is 10.9. The molecule has 110 valence electrons. The van der Waals surface area contributed by atoms with Crippen LogP contribution in [0, 0.1) is 0 Å². The minimum Gasteiger partial charge on any atom is -0.490 e. The molecule has 0 heterocycles. The third-order valence-electron chi connectivity index (χ3n) is 2.85. The Kier molecular flexibility index (Phi) is 6.64. The molecule has 1 rings (SSSR count). The first-order valence-electron chi connectivity index (χ1n) is 6.90. The minimum atomic E-state index is -0.250. The summed E-state index contributed by atoms with van der Waals surface area (Å²) in [7, 11) is 0. The van der Waals surface area contributed by atoms with Gasteiger partial charge in [-0.1, -0.05) is 31.7 Å². The lowest BCUT2D eigenvalue weighted by Gasteiger charge is -2.19. The number of carbonyl (C=O) groups is 1. The zero-order valence-corrected chi connectivity index (χ0v) is 12.2. The number of hydrogen-bond acceptors (Lipinski definition) is 4. The Labute approximate surface area is 120 Å². The molecule has 1 aromatic carbocycles. The SMILES string of the molecule is C=C(N)CC(CC)Oc1ccccc1CC(=O)OCC. The Bertz CT molecular complexity index is 457. The van der Waals surface area contributed by atoms with Crippen molar-refractivity contribution in [3.63, 3.8) is 0 Å². The number of hydrogen-bond donors (Lipinski definition) is 1. The number of benzene rings is 1. The molecule has 0 spiro atoms. The molecule has 1 unspecified atom stereocenters. The van der Waals surface area contributed by atoms with E-state index in [9.17, 15) is 4.79 Å². The molecule has 1 atom stereocenters. The molecule has 0 saturated heterocycles. The van der Waals surface area contributed by atoms with Crippen molar-refractivity contribution >= 4 is 5.97 Å². The molecule has 0 radical (unpaired) electrons. The zero-order valence-electron chi connectivity index (χ0n) is 12.2. The Balaban J connectivity index is 2.78. The van der Waals surface area contributed by atoms with Gasteiger partial charge in [-0.05, 0) is 19.4 Å². The van der Waals surface area contributed by atoms with Gasteiger partial charge in [0.15, 0.2) is 0 Å². The molecule has 0 amide bonds. The maximum Gasteiger partial charge on any atom is 0.310 e. The van der Waals surface area contributed by atoms with Gasteiger partial charge in [0.2, 0.25) is 0 Å². The third kappa shape index (κ3) is 5.34. The molecule has 1 aromatic rings. The van der Waals surface area contributed by atoms with Gasteiger partial charge >= 0.3 is 5.97 Å². The highest BCUT2D eigenvalue weighted by Crippen LogP contribution is 2.22. The van der Waals surface area contributed by atoms with E-state index in [1.165, 1.54) is 0 Å². The van der Waals surface area contributed by atoms with Crippen LogP contribution in [0.25, 0.3) is 0 Å². The highest BCUT2D eigenvalue weighted by molar-refractivity contribution is 5.73. The van der Waals surface area contributed by atoms with E-state index in [2.05, 4.69) is 6.58 Å². The van der Waals surface area contributed by atoms with Crippen molar-refractivity contribution in [3.05, 3.63) is 42.1 Å². The Morgan fingerprint density at radius 2 is 2.05 bits per heavy atom. The lowest BCUT2D eigenvalue weighted by Crippen LogP contribution is -2.19. The van der Waals surface area contributed by atoms with Gasteiger partial charge in [-0.25, -0.2) is 0 Å². The molecule has 20 heavy (non-hydrogen) atoms. The van der Waals surface area contributed by atoms with Gasteiger partial charge in [0, 0.05) is 17.7 Å². The van der Waals surface area contributed by atoms with Crippen molar-refractivity contribution < 1.29 is 14.3 Å². The van der Waals surface area contributed by atoms with Crippen LogP contribution >= 0.6 is 0 Å². The van der Waals surface area contributed by atoms with Crippen LogP contribution in [-0.4, -0.2) is 18.7 Å². The van der Waals surface area contributed by atoms with E-state index in [0.717, 1.165) is 12.0 Å². The van der Waals surface area contributed by atoms with Crippen LogP contribution in [0.3, 0.4) is 0 Å². The predicted octanol–water partition coefficient (Wildman–Crippen LogP) is 2.81. The Morgan fingerprint density at radius 3 is 2.65 bits per heavy atom. The van der Waals surface area contributed by atoms with E-state index in [0.29, 0.717) is 24.5 Å². The van der Waals surface area contributed by atoms with Crippen LogP contribution in [0.2, 0.25) is 0 Å². The number of ether oxygens (including phenoxy) is 2. The smallest absolute Gasteiger partial charge is 0.310 e. The summed E-state index contributed by atoms with van der Waals surface area (Å²) in [5.74, 6) is 0.452. The van der Waals surface area contributed by atoms with E-state index >= 15 is 0 Å². The van der Waals surface area contributed by atoms with Gasteiger partial charge in [-0.3, -0.25) is 4.79 Å². The van der Waals surface area contributed by atoms with E-state index in [-0.39, 0.29) is 18.5 Å². The molecule has 0 saturated carbocycles. The fourth-order valence-corrected chi connectivity index (χ4v) is 1.87. The summed E-state index contributed by atoms with van der Waals surface area (Å²) in [6.45, 7) is 7.91. The molecule has 0 bridgehead atoms. The summed E-state index contributed by atoms with van der Waals surface area (Å²) in [4.78, 5) is 11.6. The van der Waals surface area contributed by atoms with Crippen molar-refractivity contribution in [2.75, 3.05) is 6.61 Å². The molecule has 0 aliphatic rings. The average molecular weight is 277 g/mol. The second-order valence-electron chi connectivity index (χ2n) is 4.60. The van der Waals surface area contributed by atoms with Crippen molar-refractivity contribution in [1.82, 2.24) is 0 Å².